The van der Waals surface area contributed by atoms with Crippen LogP contribution in [-0.2, 0) is 6.61 Å². The Balaban J connectivity index is 1.27. The fraction of sp³-hybridized carbons (Fsp3) is 0.407. The van der Waals surface area contributed by atoms with Crippen molar-refractivity contribution in [1.82, 2.24) is 15.0 Å². The Morgan fingerprint density at radius 2 is 1.50 bits per heavy atom. The normalized spacial score (nSPS) is 16.4. The Bertz CT molecular complexity index is 1140. The number of piperidine rings is 2. The molecular weight excluding hydrogens is 457 g/mol. The van der Waals surface area contributed by atoms with E-state index in [1.165, 1.54) is 18.9 Å². The fourth-order valence-electron chi connectivity index (χ4n) is 4.50. The van der Waals surface area contributed by atoms with Gasteiger partial charge >= 0.3 is 0 Å². The van der Waals surface area contributed by atoms with Crippen LogP contribution in [0.25, 0.3) is 0 Å². The van der Waals surface area contributed by atoms with E-state index >= 15 is 0 Å². The van der Waals surface area contributed by atoms with Gasteiger partial charge in [-0.3, -0.25) is 0 Å². The molecule has 0 amide bonds. The van der Waals surface area contributed by atoms with E-state index < -0.39 is 0 Å². The van der Waals surface area contributed by atoms with Crippen molar-refractivity contribution in [3.8, 4) is 5.75 Å². The van der Waals surface area contributed by atoms with E-state index in [9.17, 15) is 4.39 Å². The number of ether oxygens (including phenoxy) is 1. The molecule has 0 saturated carbocycles. The molecule has 8 nitrogen and oxygen atoms in total. The first kappa shape index (κ1) is 24.0. The Morgan fingerprint density at radius 3 is 2.17 bits per heavy atom. The van der Waals surface area contributed by atoms with Gasteiger partial charge in [0.15, 0.2) is 0 Å². The van der Waals surface area contributed by atoms with Crippen molar-refractivity contribution in [3.05, 3.63) is 65.5 Å². The molecule has 5 rings (SSSR count). The summed E-state index contributed by atoms with van der Waals surface area (Å²) in [5, 5.41) is 4.38. The summed E-state index contributed by atoms with van der Waals surface area (Å²) < 4.78 is 19.6. The highest BCUT2D eigenvalue weighted by atomic mass is 19.1. The van der Waals surface area contributed by atoms with Crippen molar-refractivity contribution in [2.75, 3.05) is 41.4 Å². The van der Waals surface area contributed by atoms with Crippen LogP contribution in [0.15, 0.2) is 53.6 Å². The maximum absolute atomic E-state index is 13.9. The van der Waals surface area contributed by atoms with Gasteiger partial charge in [0.25, 0.3) is 0 Å². The molecule has 2 saturated heterocycles. The number of nitrogens with zero attached hydrogens (tertiary/aromatic N) is 6. The number of hydrogen-bond acceptors (Lipinski definition) is 8. The molecule has 3 heterocycles. The molecule has 0 atom stereocenters. The highest BCUT2D eigenvalue weighted by Crippen LogP contribution is 2.22. The molecule has 9 heteroatoms. The molecule has 0 spiro atoms. The molecule has 3 aromatic rings. The summed E-state index contributed by atoms with van der Waals surface area (Å²) in [5.41, 5.74) is 4.36. The van der Waals surface area contributed by atoms with Gasteiger partial charge in [0, 0.05) is 31.7 Å². The zero-order valence-electron chi connectivity index (χ0n) is 20.4. The van der Waals surface area contributed by atoms with Gasteiger partial charge < -0.3 is 14.5 Å². The van der Waals surface area contributed by atoms with Crippen LogP contribution in [0.1, 0.15) is 49.7 Å². The lowest BCUT2D eigenvalue weighted by atomic mass is 10.1. The number of benzene rings is 2. The van der Waals surface area contributed by atoms with Crippen LogP contribution < -0.4 is 20.0 Å². The average molecular weight is 490 g/mol. The van der Waals surface area contributed by atoms with Crippen LogP contribution >= 0.6 is 0 Å². The average Bonchev–Trinajstić information content (AvgIpc) is 2.94. The minimum Gasteiger partial charge on any atom is -0.489 e. The first-order valence-corrected chi connectivity index (χ1v) is 12.8. The van der Waals surface area contributed by atoms with E-state index in [0.717, 1.165) is 57.4 Å². The van der Waals surface area contributed by atoms with Gasteiger partial charge in [0.1, 0.15) is 18.2 Å². The van der Waals surface area contributed by atoms with Crippen LogP contribution in [0.5, 0.6) is 5.75 Å². The third-order valence-electron chi connectivity index (χ3n) is 6.48. The highest BCUT2D eigenvalue weighted by molar-refractivity contribution is 5.80. The summed E-state index contributed by atoms with van der Waals surface area (Å²) in [6.45, 7) is 4.02. The predicted molar refractivity (Wildman–Crippen MR) is 140 cm³/mol. The van der Waals surface area contributed by atoms with Crippen LogP contribution in [0.4, 0.5) is 22.2 Å². The van der Waals surface area contributed by atoms with Crippen LogP contribution in [0.3, 0.4) is 0 Å². The first-order chi connectivity index (χ1) is 17.7. The van der Waals surface area contributed by atoms with E-state index in [1.54, 1.807) is 24.4 Å². The van der Waals surface area contributed by atoms with E-state index in [-0.39, 0.29) is 12.4 Å². The quantitative estimate of drug-likeness (QED) is 0.352. The van der Waals surface area contributed by atoms with Crippen LogP contribution in [-0.4, -0.2) is 47.3 Å². The van der Waals surface area contributed by atoms with E-state index in [0.29, 0.717) is 29.2 Å². The number of anilines is 3. The van der Waals surface area contributed by atoms with Crippen molar-refractivity contribution < 1.29 is 9.13 Å². The van der Waals surface area contributed by atoms with Gasteiger partial charge in [-0.25, -0.2) is 9.82 Å². The lowest BCUT2D eigenvalue weighted by molar-refractivity contribution is 0.300. The van der Waals surface area contributed by atoms with Crippen molar-refractivity contribution in [1.29, 1.82) is 0 Å². The minimum absolute atomic E-state index is 0.162. The summed E-state index contributed by atoms with van der Waals surface area (Å²) in [5.74, 6) is 2.24. The predicted octanol–water partition coefficient (Wildman–Crippen LogP) is 5.02. The lowest BCUT2D eigenvalue weighted by Crippen LogP contribution is -2.34. The number of aromatic nitrogens is 3. The molecule has 2 aliphatic heterocycles. The van der Waals surface area contributed by atoms with Gasteiger partial charge in [-0.05, 0) is 62.3 Å². The molecule has 188 valence electrons. The molecular formula is C27H32FN7O. The van der Waals surface area contributed by atoms with Gasteiger partial charge in [0.2, 0.25) is 17.8 Å². The molecule has 0 bridgehead atoms. The maximum atomic E-state index is 13.9. The third kappa shape index (κ3) is 6.27. The summed E-state index contributed by atoms with van der Waals surface area (Å²) in [6.07, 6.45) is 8.81. The van der Waals surface area contributed by atoms with Gasteiger partial charge in [-0.15, -0.1) is 0 Å². The fourth-order valence-corrected chi connectivity index (χ4v) is 4.50. The third-order valence-corrected chi connectivity index (χ3v) is 6.48. The van der Waals surface area contributed by atoms with E-state index in [4.69, 9.17) is 9.72 Å². The highest BCUT2D eigenvalue weighted by Gasteiger charge is 2.20. The Kier molecular flexibility index (Phi) is 7.85. The Morgan fingerprint density at radius 1 is 0.833 bits per heavy atom. The molecule has 0 radical (unpaired) electrons. The molecule has 1 aromatic heterocycles. The zero-order valence-corrected chi connectivity index (χ0v) is 20.4. The Labute approximate surface area is 211 Å². The maximum Gasteiger partial charge on any atom is 0.250 e. The second-order valence-electron chi connectivity index (χ2n) is 9.18. The smallest absolute Gasteiger partial charge is 0.250 e. The molecule has 2 aromatic carbocycles. The number of rotatable bonds is 8. The molecule has 2 aliphatic rings. The van der Waals surface area contributed by atoms with Crippen molar-refractivity contribution >= 4 is 24.1 Å². The number of hydrazone groups is 1. The van der Waals surface area contributed by atoms with Crippen molar-refractivity contribution in [2.24, 2.45) is 5.10 Å². The molecule has 0 unspecified atom stereocenters. The molecule has 1 N–H and O–H groups in total. The SMILES string of the molecule is Fc1ccccc1COc1cccc(/C=N/Nc2nc(N3CCCCC3)nc(N3CCCCC3)n2)c1. The standard InChI is InChI=1S/C27H32FN7O/c28-24-13-4-3-11-22(24)20-36-23-12-9-10-21(18-23)19-29-33-25-30-26(34-14-5-1-6-15-34)32-27(31-25)35-16-7-2-8-17-35/h3-4,9-13,18-19H,1-2,5-8,14-17,20H2,(H,30,31,32,33)/b29-19+. The zero-order chi connectivity index (χ0) is 24.6. The van der Waals surface area contributed by atoms with E-state index in [2.05, 4.69) is 30.3 Å². The largest absolute Gasteiger partial charge is 0.489 e. The second-order valence-corrected chi connectivity index (χ2v) is 9.18. The number of nitrogens with one attached hydrogen (secondary N) is 1. The summed E-state index contributed by atoms with van der Waals surface area (Å²) in [4.78, 5) is 18.6. The minimum atomic E-state index is -0.274. The lowest BCUT2D eigenvalue weighted by Gasteiger charge is -2.30. The molecule has 36 heavy (non-hydrogen) atoms. The first-order valence-electron chi connectivity index (χ1n) is 12.8. The Hall–Kier alpha value is -3.75. The number of halogens is 1. The van der Waals surface area contributed by atoms with Crippen molar-refractivity contribution in [2.45, 2.75) is 45.1 Å². The molecule has 0 aliphatic carbocycles. The summed E-state index contributed by atoms with van der Waals surface area (Å²) in [6, 6.07) is 14.1. The molecule has 2 fully saturated rings. The van der Waals surface area contributed by atoms with Gasteiger partial charge in [-0.1, -0.05) is 30.3 Å². The topological polar surface area (TPSA) is 78.8 Å². The van der Waals surface area contributed by atoms with Crippen LogP contribution in [0, 0.1) is 5.82 Å². The number of hydrogen-bond donors (Lipinski definition) is 1. The van der Waals surface area contributed by atoms with E-state index in [1.807, 2.05) is 24.3 Å². The second kappa shape index (κ2) is 11.8. The van der Waals surface area contributed by atoms with Gasteiger partial charge in [-0.2, -0.15) is 20.1 Å². The monoisotopic (exact) mass is 489 g/mol. The summed E-state index contributed by atoms with van der Waals surface area (Å²) >= 11 is 0. The van der Waals surface area contributed by atoms with Gasteiger partial charge in [0.05, 0.1) is 6.21 Å². The summed E-state index contributed by atoms with van der Waals surface area (Å²) in [7, 11) is 0. The van der Waals surface area contributed by atoms with Crippen LogP contribution in [0.2, 0.25) is 0 Å². The van der Waals surface area contributed by atoms with Crippen molar-refractivity contribution in [3.63, 3.8) is 0 Å².